The van der Waals surface area contributed by atoms with Crippen LogP contribution in [0.1, 0.15) is 25.0 Å². The summed E-state index contributed by atoms with van der Waals surface area (Å²) < 4.78 is 4.91. The van der Waals surface area contributed by atoms with Gasteiger partial charge in [0.25, 0.3) is 0 Å². The van der Waals surface area contributed by atoms with E-state index in [-0.39, 0.29) is 17.8 Å². The van der Waals surface area contributed by atoms with Crippen molar-refractivity contribution in [3.63, 3.8) is 0 Å². The first-order chi connectivity index (χ1) is 11.1. The van der Waals surface area contributed by atoms with Crippen LogP contribution in [-0.4, -0.2) is 43.6 Å². The van der Waals surface area contributed by atoms with Crippen molar-refractivity contribution >= 4 is 11.9 Å². The Labute approximate surface area is 138 Å². The molecule has 5 heteroatoms. The van der Waals surface area contributed by atoms with Gasteiger partial charge in [0.2, 0.25) is 0 Å². The number of nitrogens with one attached hydrogen (secondary N) is 1. The maximum Gasteiger partial charge on any atom is 0.310 e. The van der Waals surface area contributed by atoms with Crippen LogP contribution in [0.15, 0.2) is 29.3 Å². The molecule has 1 aliphatic rings. The summed E-state index contributed by atoms with van der Waals surface area (Å²) in [5, 5.41) is 3.34. The van der Waals surface area contributed by atoms with Crippen molar-refractivity contribution in [3.8, 4) is 0 Å². The number of ether oxygens (including phenoxy) is 1. The molecule has 2 rings (SSSR count). The number of nitrogens with zero attached hydrogens (tertiary/aromatic N) is 2. The lowest BCUT2D eigenvalue weighted by Gasteiger charge is -2.21. The molecule has 0 aromatic heterocycles. The lowest BCUT2D eigenvalue weighted by atomic mass is 9.99. The van der Waals surface area contributed by atoms with Crippen LogP contribution in [0.25, 0.3) is 0 Å². The zero-order valence-corrected chi connectivity index (χ0v) is 14.5. The van der Waals surface area contributed by atoms with Crippen LogP contribution in [0.5, 0.6) is 0 Å². The van der Waals surface area contributed by atoms with Gasteiger partial charge < -0.3 is 15.0 Å². The smallest absolute Gasteiger partial charge is 0.310 e. The van der Waals surface area contributed by atoms with E-state index in [1.165, 1.54) is 18.2 Å². The molecule has 1 fully saturated rings. The van der Waals surface area contributed by atoms with Gasteiger partial charge in [-0.25, -0.2) is 4.99 Å². The van der Waals surface area contributed by atoms with Gasteiger partial charge in [0.05, 0.1) is 19.6 Å². The summed E-state index contributed by atoms with van der Waals surface area (Å²) in [6.07, 6.45) is 0. The van der Waals surface area contributed by atoms with E-state index >= 15 is 0 Å². The maximum atomic E-state index is 11.9. The number of methoxy groups -OCH3 is 1. The molecule has 1 heterocycles. The Morgan fingerprint density at radius 1 is 1.39 bits per heavy atom. The van der Waals surface area contributed by atoms with Gasteiger partial charge >= 0.3 is 5.97 Å². The summed E-state index contributed by atoms with van der Waals surface area (Å²) in [6.45, 7) is 9.17. The lowest BCUT2D eigenvalue weighted by molar-refractivity contribution is -0.145. The predicted molar refractivity (Wildman–Crippen MR) is 92.2 cm³/mol. The number of carbonyl (C=O) groups is 1. The van der Waals surface area contributed by atoms with E-state index in [0.717, 1.165) is 19.0 Å². The first-order valence-corrected chi connectivity index (χ1v) is 8.22. The average molecular weight is 317 g/mol. The average Bonchev–Trinajstić information content (AvgIpc) is 2.93. The molecule has 23 heavy (non-hydrogen) atoms. The van der Waals surface area contributed by atoms with Gasteiger partial charge in [-0.3, -0.25) is 4.79 Å². The van der Waals surface area contributed by atoms with E-state index in [1.807, 2.05) is 12.1 Å². The predicted octanol–water partition coefficient (Wildman–Crippen LogP) is 2.20. The molecule has 0 saturated carbocycles. The summed E-state index contributed by atoms with van der Waals surface area (Å²) in [4.78, 5) is 18.8. The highest BCUT2D eigenvalue weighted by Crippen LogP contribution is 2.24. The largest absolute Gasteiger partial charge is 0.469 e. The molecule has 0 bridgehead atoms. The van der Waals surface area contributed by atoms with E-state index in [4.69, 9.17) is 9.73 Å². The Morgan fingerprint density at radius 2 is 2.13 bits per heavy atom. The Kier molecular flexibility index (Phi) is 6.02. The van der Waals surface area contributed by atoms with Gasteiger partial charge in [-0.15, -0.1) is 0 Å². The van der Waals surface area contributed by atoms with Crippen molar-refractivity contribution in [2.45, 2.75) is 27.3 Å². The van der Waals surface area contributed by atoms with Crippen molar-refractivity contribution in [3.05, 3.63) is 35.4 Å². The quantitative estimate of drug-likeness (QED) is 0.525. The van der Waals surface area contributed by atoms with Gasteiger partial charge in [0, 0.05) is 19.6 Å². The molecule has 2 atom stereocenters. The molecule has 0 radical (unpaired) electrons. The fraction of sp³-hybridized carbons (Fsp3) is 0.556. The number of aliphatic imine (C=N–C) groups is 1. The second-order valence-corrected chi connectivity index (χ2v) is 6.11. The molecule has 126 valence electrons. The van der Waals surface area contributed by atoms with Gasteiger partial charge in [-0.2, -0.15) is 0 Å². The Hall–Kier alpha value is -2.04. The minimum absolute atomic E-state index is 0.0812. The summed E-state index contributed by atoms with van der Waals surface area (Å²) >= 11 is 0. The standard InChI is InChI=1S/C18H27N3O2/c1-5-19-18(20-10-15-9-7-6-8-13(15)2)21-11-14(3)16(12-21)17(22)23-4/h6-9,14,16H,5,10-12H2,1-4H3,(H,19,20). The van der Waals surface area contributed by atoms with Crippen molar-refractivity contribution < 1.29 is 9.53 Å². The minimum atomic E-state index is -0.130. The van der Waals surface area contributed by atoms with E-state index in [2.05, 4.69) is 43.1 Å². The Morgan fingerprint density at radius 3 is 2.78 bits per heavy atom. The topological polar surface area (TPSA) is 53.9 Å². The van der Waals surface area contributed by atoms with Gasteiger partial charge in [-0.1, -0.05) is 31.2 Å². The minimum Gasteiger partial charge on any atom is -0.469 e. The summed E-state index contributed by atoms with van der Waals surface area (Å²) in [5.41, 5.74) is 2.47. The third kappa shape index (κ3) is 4.24. The fourth-order valence-electron chi connectivity index (χ4n) is 2.97. The molecule has 1 aliphatic heterocycles. The Bertz CT molecular complexity index is 571. The van der Waals surface area contributed by atoms with Crippen LogP contribution in [0.4, 0.5) is 0 Å². The van der Waals surface area contributed by atoms with E-state index < -0.39 is 0 Å². The number of rotatable bonds is 4. The van der Waals surface area contributed by atoms with Crippen LogP contribution < -0.4 is 5.32 Å². The molecule has 1 saturated heterocycles. The van der Waals surface area contributed by atoms with Crippen LogP contribution in [0.2, 0.25) is 0 Å². The molecule has 0 amide bonds. The van der Waals surface area contributed by atoms with Gasteiger partial charge in [0.1, 0.15) is 0 Å². The SMILES string of the molecule is CCNC(=NCc1ccccc1C)N1CC(C)C(C(=O)OC)C1. The molecule has 0 spiro atoms. The first-order valence-electron chi connectivity index (χ1n) is 8.22. The molecular weight excluding hydrogens is 290 g/mol. The molecule has 1 aromatic carbocycles. The maximum absolute atomic E-state index is 11.9. The second-order valence-electron chi connectivity index (χ2n) is 6.11. The number of likely N-dealkylation sites (tertiary alicyclic amines) is 1. The number of carbonyl (C=O) groups excluding carboxylic acids is 1. The summed E-state index contributed by atoms with van der Waals surface area (Å²) in [6, 6.07) is 8.28. The number of hydrogen-bond acceptors (Lipinski definition) is 3. The van der Waals surface area contributed by atoms with E-state index in [0.29, 0.717) is 13.1 Å². The van der Waals surface area contributed by atoms with Crippen molar-refractivity contribution in [1.29, 1.82) is 0 Å². The zero-order valence-electron chi connectivity index (χ0n) is 14.5. The number of esters is 1. The van der Waals surface area contributed by atoms with E-state index in [1.54, 1.807) is 0 Å². The lowest BCUT2D eigenvalue weighted by Crippen LogP contribution is -2.40. The molecule has 0 aliphatic carbocycles. The summed E-state index contributed by atoms with van der Waals surface area (Å²) in [7, 11) is 1.45. The van der Waals surface area contributed by atoms with Crippen molar-refractivity contribution in [2.75, 3.05) is 26.7 Å². The van der Waals surface area contributed by atoms with E-state index in [9.17, 15) is 4.79 Å². The normalized spacial score (nSPS) is 21.4. The van der Waals surface area contributed by atoms with Gasteiger partial charge in [0.15, 0.2) is 5.96 Å². The molecular formula is C18H27N3O2. The zero-order chi connectivity index (χ0) is 16.8. The van der Waals surface area contributed by atoms with Crippen molar-refractivity contribution in [1.82, 2.24) is 10.2 Å². The third-order valence-corrected chi connectivity index (χ3v) is 4.41. The number of aryl methyl sites for hydroxylation is 1. The van der Waals surface area contributed by atoms with Gasteiger partial charge in [-0.05, 0) is 30.9 Å². The van der Waals surface area contributed by atoms with Crippen LogP contribution in [0, 0.1) is 18.8 Å². The molecule has 1 N–H and O–H groups in total. The first kappa shape index (κ1) is 17.3. The number of benzene rings is 1. The number of hydrogen-bond donors (Lipinski definition) is 1. The van der Waals surface area contributed by atoms with Crippen LogP contribution in [0.3, 0.4) is 0 Å². The number of guanidine groups is 1. The monoisotopic (exact) mass is 317 g/mol. The highest BCUT2D eigenvalue weighted by Gasteiger charge is 2.36. The highest BCUT2D eigenvalue weighted by molar-refractivity contribution is 5.82. The van der Waals surface area contributed by atoms with Crippen molar-refractivity contribution in [2.24, 2.45) is 16.8 Å². The fourth-order valence-corrected chi connectivity index (χ4v) is 2.97. The van der Waals surface area contributed by atoms with Crippen LogP contribution in [-0.2, 0) is 16.1 Å². The molecule has 5 nitrogen and oxygen atoms in total. The molecule has 2 unspecified atom stereocenters. The second kappa shape index (κ2) is 7.99. The highest BCUT2D eigenvalue weighted by atomic mass is 16.5. The molecule has 1 aromatic rings. The van der Waals surface area contributed by atoms with Crippen LogP contribution >= 0.6 is 0 Å². The summed E-state index contributed by atoms with van der Waals surface area (Å²) in [5.74, 6) is 0.927. The third-order valence-electron chi connectivity index (χ3n) is 4.41. The Balaban J connectivity index is 2.11.